The summed E-state index contributed by atoms with van der Waals surface area (Å²) in [6.45, 7) is 3.53. The van der Waals surface area contributed by atoms with Crippen molar-refractivity contribution in [1.29, 1.82) is 0 Å². The molecule has 0 aliphatic heterocycles. The lowest BCUT2D eigenvalue weighted by atomic mass is 10.1. The van der Waals surface area contributed by atoms with E-state index in [1.165, 1.54) is 10.5 Å². The summed E-state index contributed by atoms with van der Waals surface area (Å²) in [5.41, 5.74) is 2.73. The van der Waals surface area contributed by atoms with Crippen LogP contribution in [0.25, 0.3) is 10.2 Å². The van der Waals surface area contributed by atoms with Gasteiger partial charge < -0.3 is 14.4 Å². The Labute approximate surface area is 175 Å². The van der Waals surface area contributed by atoms with E-state index in [0.717, 1.165) is 23.2 Å². The van der Waals surface area contributed by atoms with Gasteiger partial charge in [-0.2, -0.15) is 0 Å². The average Bonchev–Trinajstić information content (AvgIpc) is 3.15. The van der Waals surface area contributed by atoms with Crippen molar-refractivity contribution in [3.63, 3.8) is 0 Å². The first-order valence-electron chi connectivity index (χ1n) is 9.69. The number of aryl methyl sites for hydroxylation is 1. The number of rotatable bonds is 8. The second-order valence-electron chi connectivity index (χ2n) is 7.14. The van der Waals surface area contributed by atoms with Crippen LogP contribution >= 0.6 is 11.3 Å². The van der Waals surface area contributed by atoms with E-state index < -0.39 is 0 Å². The van der Waals surface area contributed by atoms with Gasteiger partial charge in [0.15, 0.2) is 16.6 Å². The van der Waals surface area contributed by atoms with Crippen LogP contribution in [0.15, 0.2) is 36.4 Å². The van der Waals surface area contributed by atoms with Crippen LogP contribution in [0.3, 0.4) is 0 Å². The molecule has 1 heterocycles. The van der Waals surface area contributed by atoms with E-state index in [4.69, 9.17) is 14.5 Å². The van der Waals surface area contributed by atoms with Crippen LogP contribution in [0.4, 0.5) is 5.13 Å². The third kappa shape index (κ3) is 4.68. The highest BCUT2D eigenvalue weighted by Crippen LogP contribution is 2.32. The van der Waals surface area contributed by atoms with E-state index in [1.807, 2.05) is 6.07 Å². The van der Waals surface area contributed by atoms with Gasteiger partial charge in [-0.1, -0.05) is 24.3 Å². The lowest BCUT2D eigenvalue weighted by Gasteiger charge is -2.21. The Bertz CT molecular complexity index is 1000. The molecular weight excluding hydrogens is 386 g/mol. The zero-order valence-corrected chi connectivity index (χ0v) is 18.4. The number of fused-ring (bicyclic) bond motifs is 1. The minimum absolute atomic E-state index is 0.0954. The lowest BCUT2D eigenvalue weighted by Crippen LogP contribution is -3.06. The van der Waals surface area contributed by atoms with Crippen molar-refractivity contribution in [3.05, 3.63) is 47.5 Å². The van der Waals surface area contributed by atoms with Gasteiger partial charge in [0.2, 0.25) is 0 Å². The topological polar surface area (TPSA) is 56.1 Å². The zero-order valence-electron chi connectivity index (χ0n) is 17.6. The molecule has 0 saturated carbocycles. The first-order chi connectivity index (χ1) is 14.0. The highest BCUT2D eigenvalue weighted by molar-refractivity contribution is 7.22. The van der Waals surface area contributed by atoms with Gasteiger partial charge in [-0.15, -0.1) is 0 Å². The van der Waals surface area contributed by atoms with Gasteiger partial charge in [0.05, 0.1) is 51.6 Å². The Hall–Kier alpha value is -2.64. The van der Waals surface area contributed by atoms with Crippen molar-refractivity contribution in [2.45, 2.75) is 13.3 Å². The Morgan fingerprint density at radius 3 is 2.52 bits per heavy atom. The first kappa shape index (κ1) is 21.1. The third-order valence-electron chi connectivity index (χ3n) is 4.79. The second-order valence-corrected chi connectivity index (χ2v) is 8.14. The normalized spacial score (nSPS) is 11.1. The molecule has 0 unspecified atom stereocenters. The standard InChI is InChI=1S/C22H27N3O3S/c1-6-15-7-9-17-20(13-15)29-22(23-17)25(12-11-24(2)3)21(26)16-8-10-18(27-4)19(14-16)28-5/h7-10,13-14H,6,11-12H2,1-5H3/p+1. The maximum atomic E-state index is 13.4. The van der Waals surface area contributed by atoms with E-state index in [-0.39, 0.29) is 5.91 Å². The van der Waals surface area contributed by atoms with Gasteiger partial charge in [-0.05, 0) is 42.3 Å². The number of thiazole rings is 1. The summed E-state index contributed by atoms with van der Waals surface area (Å²) in [7, 11) is 7.30. The molecule has 0 spiro atoms. The van der Waals surface area contributed by atoms with Gasteiger partial charge >= 0.3 is 0 Å². The van der Waals surface area contributed by atoms with Crippen LogP contribution in [0.1, 0.15) is 22.8 Å². The van der Waals surface area contributed by atoms with E-state index in [9.17, 15) is 4.79 Å². The molecule has 154 valence electrons. The molecule has 6 nitrogen and oxygen atoms in total. The van der Waals surface area contributed by atoms with Crippen LogP contribution in [0, 0.1) is 0 Å². The molecule has 1 N–H and O–H groups in total. The van der Waals surface area contributed by atoms with Crippen molar-refractivity contribution in [2.24, 2.45) is 0 Å². The molecular formula is C22H28N3O3S+. The smallest absolute Gasteiger partial charge is 0.260 e. The average molecular weight is 415 g/mol. The van der Waals surface area contributed by atoms with Crippen molar-refractivity contribution in [3.8, 4) is 11.5 Å². The van der Waals surface area contributed by atoms with Gasteiger partial charge in [0, 0.05) is 5.56 Å². The number of anilines is 1. The third-order valence-corrected chi connectivity index (χ3v) is 5.83. The summed E-state index contributed by atoms with van der Waals surface area (Å²) in [5.74, 6) is 1.04. The van der Waals surface area contributed by atoms with Crippen molar-refractivity contribution < 1.29 is 19.2 Å². The summed E-state index contributed by atoms with van der Waals surface area (Å²) in [6, 6.07) is 11.5. The van der Waals surface area contributed by atoms with Crippen LogP contribution < -0.4 is 19.3 Å². The molecule has 0 atom stereocenters. The molecule has 3 aromatic rings. The first-order valence-corrected chi connectivity index (χ1v) is 10.5. The maximum Gasteiger partial charge on any atom is 0.260 e. The molecule has 7 heteroatoms. The molecule has 0 bridgehead atoms. The molecule has 1 amide bonds. The molecule has 1 aromatic heterocycles. The largest absolute Gasteiger partial charge is 0.493 e. The quantitative estimate of drug-likeness (QED) is 0.616. The zero-order chi connectivity index (χ0) is 21.0. The minimum Gasteiger partial charge on any atom is -0.493 e. The van der Waals surface area contributed by atoms with Crippen molar-refractivity contribution in [2.75, 3.05) is 46.3 Å². The van der Waals surface area contributed by atoms with Gasteiger partial charge in [-0.25, -0.2) is 4.98 Å². The van der Waals surface area contributed by atoms with Crippen molar-refractivity contribution in [1.82, 2.24) is 4.98 Å². The van der Waals surface area contributed by atoms with Gasteiger partial charge in [0.1, 0.15) is 0 Å². The van der Waals surface area contributed by atoms with Crippen molar-refractivity contribution >= 4 is 32.6 Å². The highest BCUT2D eigenvalue weighted by atomic mass is 32.1. The van der Waals surface area contributed by atoms with Crippen LogP contribution in [0.2, 0.25) is 0 Å². The predicted molar refractivity (Wildman–Crippen MR) is 118 cm³/mol. The van der Waals surface area contributed by atoms with E-state index in [2.05, 4.69) is 33.2 Å². The van der Waals surface area contributed by atoms with Gasteiger partial charge in [0.25, 0.3) is 5.91 Å². The summed E-state index contributed by atoms with van der Waals surface area (Å²) in [5, 5.41) is 0.717. The molecule has 0 radical (unpaired) electrons. The summed E-state index contributed by atoms with van der Waals surface area (Å²) in [6.07, 6.45) is 0.974. The van der Waals surface area contributed by atoms with Crippen LogP contribution in [-0.4, -0.2) is 52.3 Å². The fourth-order valence-electron chi connectivity index (χ4n) is 3.04. The lowest BCUT2D eigenvalue weighted by molar-refractivity contribution is -0.856. The number of nitrogens with one attached hydrogen (secondary N) is 1. The number of hydrogen-bond donors (Lipinski definition) is 1. The predicted octanol–water partition coefficient (Wildman–Crippen LogP) is 2.67. The number of aromatic nitrogens is 1. The number of ether oxygens (including phenoxy) is 2. The Kier molecular flexibility index (Phi) is 6.71. The number of carbonyl (C=O) groups is 1. The Balaban J connectivity index is 1.99. The molecule has 0 aliphatic carbocycles. The van der Waals surface area contributed by atoms with Gasteiger partial charge in [-0.3, -0.25) is 9.69 Å². The Morgan fingerprint density at radius 1 is 1.10 bits per heavy atom. The van der Waals surface area contributed by atoms with E-state index in [0.29, 0.717) is 28.7 Å². The van der Waals surface area contributed by atoms with E-state index in [1.54, 1.807) is 48.7 Å². The fraction of sp³-hybridized carbons (Fsp3) is 0.364. The van der Waals surface area contributed by atoms with E-state index >= 15 is 0 Å². The monoisotopic (exact) mass is 414 g/mol. The summed E-state index contributed by atoms with van der Waals surface area (Å²) < 4.78 is 11.8. The molecule has 0 fully saturated rings. The van der Waals surface area contributed by atoms with Crippen LogP contribution in [-0.2, 0) is 6.42 Å². The SMILES string of the molecule is CCc1ccc2nc(N(CC[NH+](C)C)C(=O)c3ccc(OC)c(OC)c3)sc2c1. The molecule has 0 saturated heterocycles. The number of nitrogens with zero attached hydrogens (tertiary/aromatic N) is 2. The number of amides is 1. The molecule has 0 aliphatic rings. The fourth-order valence-corrected chi connectivity index (χ4v) is 4.09. The Morgan fingerprint density at radius 2 is 1.86 bits per heavy atom. The number of benzene rings is 2. The number of likely N-dealkylation sites (N-methyl/N-ethyl adjacent to an activating group) is 1. The second kappa shape index (κ2) is 9.24. The summed E-state index contributed by atoms with van der Waals surface area (Å²) >= 11 is 1.56. The highest BCUT2D eigenvalue weighted by Gasteiger charge is 2.23. The number of methoxy groups -OCH3 is 2. The summed E-state index contributed by atoms with van der Waals surface area (Å²) in [4.78, 5) is 21.2. The number of carbonyl (C=O) groups excluding carboxylic acids is 1. The number of hydrogen-bond acceptors (Lipinski definition) is 5. The molecule has 2 aromatic carbocycles. The molecule has 3 rings (SSSR count). The molecule has 29 heavy (non-hydrogen) atoms. The maximum absolute atomic E-state index is 13.4. The minimum atomic E-state index is -0.0954. The number of quaternary nitrogens is 1. The van der Waals surface area contributed by atoms with Crippen LogP contribution in [0.5, 0.6) is 11.5 Å².